The van der Waals surface area contributed by atoms with Crippen LogP contribution in [0.2, 0.25) is 0 Å². The molecule has 1 aliphatic carbocycles. The molecular formula is C13H13FN4O2. The molecule has 104 valence electrons. The Morgan fingerprint density at radius 2 is 2.25 bits per heavy atom. The first-order valence-electron chi connectivity index (χ1n) is 6.28. The lowest BCUT2D eigenvalue weighted by atomic mass is 10.1. The van der Waals surface area contributed by atoms with Crippen LogP contribution in [0.1, 0.15) is 18.4 Å². The van der Waals surface area contributed by atoms with Crippen LogP contribution in [0, 0.1) is 18.2 Å². The monoisotopic (exact) mass is 276 g/mol. The average molecular weight is 276 g/mol. The van der Waals surface area contributed by atoms with Gasteiger partial charge in [-0.05, 0) is 54.0 Å². The Labute approximate surface area is 114 Å². The summed E-state index contributed by atoms with van der Waals surface area (Å²) in [5, 5.41) is 20.6. The zero-order valence-electron chi connectivity index (χ0n) is 10.9. The molecule has 7 heteroatoms. The number of benzene rings is 1. The Morgan fingerprint density at radius 3 is 2.85 bits per heavy atom. The van der Waals surface area contributed by atoms with Crippen molar-refractivity contribution in [2.45, 2.75) is 26.3 Å². The standard InChI is InChI=1S/C13H13FN4O2/c1-8-6-9(14)2-3-10(8)11-15-16-17-18(11)7-13(4-5-13)12(19)20/h2-3,6H,4-5,7H2,1H3,(H,19,20). The second-order valence-corrected chi connectivity index (χ2v) is 5.20. The number of aryl methyl sites for hydroxylation is 1. The lowest BCUT2D eigenvalue weighted by Crippen LogP contribution is -2.22. The van der Waals surface area contributed by atoms with E-state index >= 15 is 0 Å². The molecule has 0 atom stereocenters. The summed E-state index contributed by atoms with van der Waals surface area (Å²) in [5.41, 5.74) is 0.664. The lowest BCUT2D eigenvalue weighted by Gasteiger charge is -2.11. The maximum Gasteiger partial charge on any atom is 0.311 e. The van der Waals surface area contributed by atoms with Crippen molar-refractivity contribution in [3.8, 4) is 11.4 Å². The van der Waals surface area contributed by atoms with E-state index in [0.29, 0.717) is 29.8 Å². The molecular weight excluding hydrogens is 263 g/mol. The summed E-state index contributed by atoms with van der Waals surface area (Å²) in [5.74, 6) is -0.681. The largest absolute Gasteiger partial charge is 0.481 e. The Hall–Kier alpha value is -2.31. The topological polar surface area (TPSA) is 80.9 Å². The molecule has 0 saturated heterocycles. The highest BCUT2D eigenvalue weighted by molar-refractivity contribution is 5.77. The molecule has 6 nitrogen and oxygen atoms in total. The van der Waals surface area contributed by atoms with Crippen LogP contribution in [0.3, 0.4) is 0 Å². The molecule has 3 rings (SSSR count). The van der Waals surface area contributed by atoms with Gasteiger partial charge in [-0.2, -0.15) is 0 Å². The zero-order valence-corrected chi connectivity index (χ0v) is 10.9. The van der Waals surface area contributed by atoms with Crippen LogP contribution in [0.15, 0.2) is 18.2 Å². The van der Waals surface area contributed by atoms with Gasteiger partial charge in [0.15, 0.2) is 5.82 Å². The molecule has 1 N–H and O–H groups in total. The maximum absolute atomic E-state index is 13.1. The fourth-order valence-electron chi connectivity index (χ4n) is 2.26. The van der Waals surface area contributed by atoms with Gasteiger partial charge in [-0.1, -0.05) is 0 Å². The number of carboxylic acid groups (broad SMARTS) is 1. The third-order valence-corrected chi connectivity index (χ3v) is 3.72. The second-order valence-electron chi connectivity index (χ2n) is 5.20. The molecule has 2 aromatic rings. The Morgan fingerprint density at radius 1 is 1.50 bits per heavy atom. The first kappa shape index (κ1) is 12.7. The number of nitrogens with zero attached hydrogens (tertiary/aromatic N) is 4. The fraction of sp³-hybridized carbons (Fsp3) is 0.385. The predicted molar refractivity (Wildman–Crippen MR) is 67.3 cm³/mol. The molecule has 1 saturated carbocycles. The van der Waals surface area contributed by atoms with Gasteiger partial charge in [0.25, 0.3) is 0 Å². The van der Waals surface area contributed by atoms with E-state index in [-0.39, 0.29) is 12.4 Å². The van der Waals surface area contributed by atoms with Gasteiger partial charge in [-0.25, -0.2) is 9.07 Å². The van der Waals surface area contributed by atoms with Gasteiger partial charge in [0.05, 0.1) is 12.0 Å². The quantitative estimate of drug-likeness (QED) is 0.918. The number of carboxylic acids is 1. The second kappa shape index (κ2) is 4.36. The van der Waals surface area contributed by atoms with Gasteiger partial charge in [-0.15, -0.1) is 5.10 Å². The van der Waals surface area contributed by atoms with Crippen molar-refractivity contribution in [2.75, 3.05) is 0 Å². The summed E-state index contributed by atoms with van der Waals surface area (Å²) in [6.45, 7) is 2.00. The Bertz CT molecular complexity index is 679. The minimum Gasteiger partial charge on any atom is -0.481 e. The minimum atomic E-state index is -0.824. The van der Waals surface area contributed by atoms with Gasteiger partial charge in [0, 0.05) is 5.56 Å². The summed E-state index contributed by atoms with van der Waals surface area (Å²) in [6, 6.07) is 4.34. The van der Waals surface area contributed by atoms with E-state index in [1.807, 2.05) is 0 Å². The van der Waals surface area contributed by atoms with Gasteiger partial charge in [0.1, 0.15) is 5.82 Å². The SMILES string of the molecule is Cc1cc(F)ccc1-c1nnnn1CC1(C(=O)O)CC1. The molecule has 0 bridgehead atoms. The number of carbonyl (C=O) groups is 1. The summed E-state index contributed by atoms with van der Waals surface area (Å²) in [6.07, 6.45) is 1.26. The summed E-state index contributed by atoms with van der Waals surface area (Å²) < 4.78 is 14.6. The molecule has 0 spiro atoms. The van der Waals surface area contributed by atoms with E-state index in [9.17, 15) is 14.3 Å². The molecule has 0 aliphatic heterocycles. The minimum absolute atomic E-state index is 0.238. The van der Waals surface area contributed by atoms with E-state index in [4.69, 9.17) is 0 Å². The Kier molecular flexibility index (Phi) is 2.77. The van der Waals surface area contributed by atoms with Crippen LogP contribution in [-0.4, -0.2) is 31.3 Å². The van der Waals surface area contributed by atoms with E-state index in [1.165, 1.54) is 16.8 Å². The van der Waals surface area contributed by atoms with Gasteiger partial charge in [-0.3, -0.25) is 4.79 Å². The van der Waals surface area contributed by atoms with Crippen molar-refractivity contribution in [3.05, 3.63) is 29.6 Å². The first-order valence-corrected chi connectivity index (χ1v) is 6.28. The molecule has 1 fully saturated rings. The highest BCUT2D eigenvalue weighted by Crippen LogP contribution is 2.47. The highest BCUT2D eigenvalue weighted by Gasteiger charge is 2.51. The van der Waals surface area contributed by atoms with E-state index < -0.39 is 11.4 Å². The third kappa shape index (κ3) is 2.04. The zero-order chi connectivity index (χ0) is 14.3. The van der Waals surface area contributed by atoms with E-state index in [1.54, 1.807) is 13.0 Å². The number of hydrogen-bond acceptors (Lipinski definition) is 4. The number of tetrazole rings is 1. The third-order valence-electron chi connectivity index (χ3n) is 3.72. The van der Waals surface area contributed by atoms with Crippen LogP contribution in [0.5, 0.6) is 0 Å². The van der Waals surface area contributed by atoms with Crippen LogP contribution in [0.4, 0.5) is 4.39 Å². The summed E-state index contributed by atoms with van der Waals surface area (Å²) in [4.78, 5) is 11.2. The molecule has 20 heavy (non-hydrogen) atoms. The average Bonchev–Trinajstić information content (AvgIpc) is 3.03. The molecule has 0 radical (unpaired) electrons. The van der Waals surface area contributed by atoms with Crippen molar-refractivity contribution in [1.29, 1.82) is 0 Å². The lowest BCUT2D eigenvalue weighted by molar-refractivity contribution is -0.144. The van der Waals surface area contributed by atoms with Crippen LogP contribution < -0.4 is 0 Å². The number of aromatic nitrogens is 4. The maximum atomic E-state index is 13.1. The van der Waals surface area contributed by atoms with Crippen molar-refractivity contribution in [3.63, 3.8) is 0 Å². The van der Waals surface area contributed by atoms with Crippen molar-refractivity contribution in [1.82, 2.24) is 20.2 Å². The normalized spacial score (nSPS) is 16.1. The smallest absolute Gasteiger partial charge is 0.311 e. The van der Waals surface area contributed by atoms with Gasteiger partial charge >= 0.3 is 5.97 Å². The predicted octanol–water partition coefficient (Wildman–Crippen LogP) is 1.65. The summed E-state index contributed by atoms with van der Waals surface area (Å²) >= 11 is 0. The number of hydrogen-bond donors (Lipinski definition) is 1. The van der Waals surface area contributed by atoms with Crippen LogP contribution >= 0.6 is 0 Å². The molecule has 1 heterocycles. The highest BCUT2D eigenvalue weighted by atomic mass is 19.1. The van der Waals surface area contributed by atoms with Gasteiger partial charge in [0.2, 0.25) is 0 Å². The van der Waals surface area contributed by atoms with Crippen molar-refractivity contribution >= 4 is 5.97 Å². The molecule has 0 amide bonds. The Balaban J connectivity index is 1.96. The molecule has 1 aromatic carbocycles. The first-order chi connectivity index (χ1) is 9.52. The van der Waals surface area contributed by atoms with Crippen LogP contribution in [-0.2, 0) is 11.3 Å². The molecule has 1 aromatic heterocycles. The summed E-state index contributed by atoms with van der Waals surface area (Å²) in [7, 11) is 0. The van der Waals surface area contributed by atoms with E-state index in [0.717, 1.165) is 0 Å². The molecule has 0 unspecified atom stereocenters. The van der Waals surface area contributed by atoms with Crippen molar-refractivity contribution < 1.29 is 14.3 Å². The fourth-order valence-corrected chi connectivity index (χ4v) is 2.26. The van der Waals surface area contributed by atoms with Crippen molar-refractivity contribution in [2.24, 2.45) is 5.41 Å². The number of aliphatic carboxylic acids is 1. The van der Waals surface area contributed by atoms with E-state index in [2.05, 4.69) is 15.5 Å². The van der Waals surface area contributed by atoms with Gasteiger partial charge < -0.3 is 5.11 Å². The number of halogens is 1. The van der Waals surface area contributed by atoms with Crippen LogP contribution in [0.25, 0.3) is 11.4 Å². The molecule has 1 aliphatic rings. The number of rotatable bonds is 4.